The maximum absolute atomic E-state index is 10.6. The van der Waals surface area contributed by atoms with E-state index in [0.29, 0.717) is 17.2 Å². The fourth-order valence-electron chi connectivity index (χ4n) is 0.905. The lowest BCUT2D eigenvalue weighted by Crippen LogP contribution is -2.14. The van der Waals surface area contributed by atoms with Crippen LogP contribution in [-0.4, -0.2) is 18.2 Å². The summed E-state index contributed by atoms with van der Waals surface area (Å²) in [5.74, 6) is 0.455. The minimum atomic E-state index is -0.431. The van der Waals surface area contributed by atoms with Crippen LogP contribution in [0, 0.1) is 6.92 Å². The first-order valence-corrected chi connectivity index (χ1v) is 3.42. The van der Waals surface area contributed by atoms with Gasteiger partial charge < -0.3 is 15.0 Å². The van der Waals surface area contributed by atoms with Gasteiger partial charge in [-0.05, 0) is 12.1 Å². The minimum Gasteiger partial charge on any atom is -0.479 e. The summed E-state index contributed by atoms with van der Waals surface area (Å²) < 4.78 is 9.66. The molecule has 1 aromatic heterocycles. The highest BCUT2D eigenvalue weighted by Crippen LogP contribution is 2.20. The van der Waals surface area contributed by atoms with E-state index in [9.17, 15) is 4.79 Å². The summed E-state index contributed by atoms with van der Waals surface area (Å²) in [4.78, 5) is 10.6. The molecule has 0 unspecified atom stereocenters. The van der Waals surface area contributed by atoms with Crippen LogP contribution in [-0.2, 0) is 11.2 Å². The summed E-state index contributed by atoms with van der Waals surface area (Å²) >= 11 is 0. The Labute approximate surface area is 69.5 Å². The summed E-state index contributed by atoms with van der Waals surface area (Å²) in [6, 6.07) is 0. The van der Waals surface area contributed by atoms with Gasteiger partial charge in [0, 0.05) is 0 Å². The highest BCUT2D eigenvalue weighted by molar-refractivity contribution is 5.77. The lowest BCUT2D eigenvalue weighted by molar-refractivity contribution is -0.117. The molecular weight excluding hydrogens is 160 g/mol. The molecule has 0 saturated carbocycles. The van der Waals surface area contributed by atoms with Crippen molar-refractivity contribution in [1.29, 1.82) is 0 Å². The van der Waals surface area contributed by atoms with Crippen molar-refractivity contribution in [2.24, 2.45) is 5.73 Å². The summed E-state index contributed by atoms with van der Waals surface area (Å²) in [5.41, 5.74) is 5.63. The molecule has 1 heterocycles. The number of nitrogens with two attached hydrogens (primary N) is 1. The van der Waals surface area contributed by atoms with Crippen molar-refractivity contribution < 1.29 is 14.1 Å². The van der Waals surface area contributed by atoms with Crippen LogP contribution in [0.5, 0.6) is 5.88 Å². The SMILES string of the molecule is COc1noc(C)c1CC(N)=O. The zero-order valence-corrected chi connectivity index (χ0v) is 6.96. The maximum Gasteiger partial charge on any atom is 0.257 e. The molecule has 1 aromatic rings. The Hall–Kier alpha value is -1.52. The number of carbonyl (C=O) groups is 1. The second-order valence-electron chi connectivity index (χ2n) is 2.37. The van der Waals surface area contributed by atoms with Crippen molar-refractivity contribution in [1.82, 2.24) is 5.16 Å². The van der Waals surface area contributed by atoms with Crippen LogP contribution in [0.15, 0.2) is 4.52 Å². The summed E-state index contributed by atoms with van der Waals surface area (Å²) in [6.07, 6.45) is 0.0957. The van der Waals surface area contributed by atoms with Gasteiger partial charge in [0.15, 0.2) is 0 Å². The van der Waals surface area contributed by atoms with Crippen molar-refractivity contribution >= 4 is 5.91 Å². The largest absolute Gasteiger partial charge is 0.479 e. The van der Waals surface area contributed by atoms with E-state index >= 15 is 0 Å². The number of aryl methyl sites for hydroxylation is 1. The van der Waals surface area contributed by atoms with E-state index in [0.717, 1.165) is 0 Å². The number of primary amides is 1. The second-order valence-corrected chi connectivity index (χ2v) is 2.37. The van der Waals surface area contributed by atoms with E-state index in [1.165, 1.54) is 7.11 Å². The van der Waals surface area contributed by atoms with Crippen LogP contribution in [0.25, 0.3) is 0 Å². The molecule has 0 bridgehead atoms. The normalized spacial score (nSPS) is 9.83. The van der Waals surface area contributed by atoms with Crippen LogP contribution in [0.2, 0.25) is 0 Å². The molecular formula is C7H10N2O3. The van der Waals surface area contributed by atoms with Gasteiger partial charge in [-0.15, -0.1) is 0 Å². The molecule has 1 rings (SSSR count). The number of hydrogen-bond acceptors (Lipinski definition) is 4. The molecule has 0 radical (unpaired) electrons. The Morgan fingerprint density at radius 2 is 2.42 bits per heavy atom. The van der Waals surface area contributed by atoms with Crippen molar-refractivity contribution in [2.75, 3.05) is 7.11 Å². The van der Waals surface area contributed by atoms with Crippen LogP contribution in [0.4, 0.5) is 0 Å². The van der Waals surface area contributed by atoms with Gasteiger partial charge in [-0.1, -0.05) is 0 Å². The molecule has 0 aliphatic carbocycles. The quantitative estimate of drug-likeness (QED) is 0.693. The molecule has 0 saturated heterocycles. The van der Waals surface area contributed by atoms with Gasteiger partial charge in [0.2, 0.25) is 5.91 Å². The van der Waals surface area contributed by atoms with Gasteiger partial charge in [-0.25, -0.2) is 0 Å². The number of amides is 1. The average Bonchev–Trinajstić information content (AvgIpc) is 2.32. The first kappa shape index (κ1) is 8.58. The fourth-order valence-corrected chi connectivity index (χ4v) is 0.905. The number of ether oxygens (including phenoxy) is 1. The first-order chi connectivity index (χ1) is 5.65. The van der Waals surface area contributed by atoms with Gasteiger partial charge in [0.05, 0.1) is 19.1 Å². The molecule has 0 aromatic carbocycles. The molecule has 0 aliphatic heterocycles. The van der Waals surface area contributed by atoms with E-state index in [-0.39, 0.29) is 6.42 Å². The third-order valence-corrected chi connectivity index (χ3v) is 1.49. The maximum atomic E-state index is 10.6. The fraction of sp³-hybridized carbons (Fsp3) is 0.429. The smallest absolute Gasteiger partial charge is 0.257 e. The monoisotopic (exact) mass is 170 g/mol. The van der Waals surface area contributed by atoms with E-state index in [1.54, 1.807) is 6.92 Å². The Morgan fingerprint density at radius 1 is 1.75 bits per heavy atom. The number of hydrogen-bond donors (Lipinski definition) is 1. The van der Waals surface area contributed by atoms with Crippen molar-refractivity contribution in [3.8, 4) is 5.88 Å². The molecule has 2 N–H and O–H groups in total. The molecule has 66 valence electrons. The van der Waals surface area contributed by atoms with Crippen LogP contribution in [0.1, 0.15) is 11.3 Å². The van der Waals surface area contributed by atoms with Crippen LogP contribution >= 0.6 is 0 Å². The van der Waals surface area contributed by atoms with E-state index in [1.807, 2.05) is 0 Å². The number of aromatic nitrogens is 1. The summed E-state index contributed by atoms with van der Waals surface area (Å²) in [7, 11) is 1.46. The molecule has 12 heavy (non-hydrogen) atoms. The Morgan fingerprint density at radius 3 is 2.92 bits per heavy atom. The van der Waals surface area contributed by atoms with Crippen molar-refractivity contribution in [3.05, 3.63) is 11.3 Å². The molecule has 5 heteroatoms. The number of carbonyl (C=O) groups excluding carboxylic acids is 1. The average molecular weight is 170 g/mol. The first-order valence-electron chi connectivity index (χ1n) is 3.42. The molecule has 5 nitrogen and oxygen atoms in total. The summed E-state index contributed by atoms with van der Waals surface area (Å²) in [6.45, 7) is 1.70. The van der Waals surface area contributed by atoms with Crippen LogP contribution < -0.4 is 10.5 Å². The zero-order chi connectivity index (χ0) is 9.14. The third-order valence-electron chi connectivity index (χ3n) is 1.49. The molecule has 0 spiro atoms. The Balaban J connectivity index is 2.94. The lowest BCUT2D eigenvalue weighted by atomic mass is 10.2. The summed E-state index contributed by atoms with van der Waals surface area (Å²) in [5, 5.41) is 3.58. The van der Waals surface area contributed by atoms with E-state index in [4.69, 9.17) is 15.0 Å². The zero-order valence-electron chi connectivity index (χ0n) is 6.96. The number of rotatable bonds is 3. The minimum absolute atomic E-state index is 0.0957. The van der Waals surface area contributed by atoms with Gasteiger partial charge in [0.25, 0.3) is 5.88 Å². The number of methoxy groups -OCH3 is 1. The van der Waals surface area contributed by atoms with Crippen molar-refractivity contribution in [2.45, 2.75) is 13.3 Å². The molecule has 1 amide bonds. The molecule has 0 fully saturated rings. The second kappa shape index (κ2) is 3.25. The van der Waals surface area contributed by atoms with Gasteiger partial charge in [-0.2, -0.15) is 0 Å². The highest BCUT2D eigenvalue weighted by Gasteiger charge is 2.14. The van der Waals surface area contributed by atoms with Gasteiger partial charge in [0.1, 0.15) is 5.76 Å². The van der Waals surface area contributed by atoms with E-state index < -0.39 is 5.91 Å². The highest BCUT2D eigenvalue weighted by atomic mass is 16.5. The van der Waals surface area contributed by atoms with Crippen LogP contribution in [0.3, 0.4) is 0 Å². The lowest BCUT2D eigenvalue weighted by Gasteiger charge is -1.96. The molecule has 0 atom stereocenters. The standard InChI is InChI=1S/C7H10N2O3/c1-4-5(3-6(8)10)7(11-2)9-12-4/h3H2,1-2H3,(H2,8,10). The van der Waals surface area contributed by atoms with Gasteiger partial charge >= 0.3 is 0 Å². The van der Waals surface area contributed by atoms with E-state index in [2.05, 4.69) is 5.16 Å². The molecule has 0 aliphatic rings. The topological polar surface area (TPSA) is 78.3 Å². The Kier molecular flexibility index (Phi) is 2.32. The predicted octanol–water partition coefficient (Wildman–Crippen LogP) is 0.0194. The number of nitrogens with zero attached hydrogens (tertiary/aromatic N) is 1. The van der Waals surface area contributed by atoms with Crippen molar-refractivity contribution in [3.63, 3.8) is 0 Å². The predicted molar refractivity (Wildman–Crippen MR) is 40.7 cm³/mol. The van der Waals surface area contributed by atoms with Gasteiger partial charge in [-0.3, -0.25) is 4.79 Å². The Bertz CT molecular complexity index is 293. The third kappa shape index (κ3) is 1.55.